The molecule has 0 unspecified atom stereocenters. The summed E-state index contributed by atoms with van der Waals surface area (Å²) in [7, 11) is 0. The number of hydrogen-bond acceptors (Lipinski definition) is 2. The van der Waals surface area contributed by atoms with Crippen LogP contribution in [0.5, 0.6) is 0 Å². The minimum Gasteiger partial charge on any atom is -0.309 e. The van der Waals surface area contributed by atoms with E-state index in [0.29, 0.717) is 5.56 Å². The quantitative estimate of drug-likeness (QED) is 0.215. The van der Waals surface area contributed by atoms with Crippen molar-refractivity contribution in [1.82, 2.24) is 9.13 Å². The zero-order chi connectivity index (χ0) is 27.1. The van der Waals surface area contributed by atoms with Crippen molar-refractivity contribution < 1.29 is 0 Å². The number of rotatable bonds is 2. The van der Waals surface area contributed by atoms with Gasteiger partial charge in [-0.25, -0.2) is 0 Å². The number of thiophene rings is 1. The average Bonchev–Trinajstić information content (AvgIpc) is 3.68. The Morgan fingerprint density at radius 2 is 1.00 bits per heavy atom. The second-order valence-electron chi connectivity index (χ2n) is 10.5. The fraction of sp³-hybridized carbons (Fsp3) is 0. The molecule has 0 radical (unpaired) electrons. The Kier molecular flexibility index (Phi) is 4.55. The van der Waals surface area contributed by atoms with E-state index in [-0.39, 0.29) is 0 Å². The van der Waals surface area contributed by atoms with Gasteiger partial charge in [-0.1, -0.05) is 72.8 Å². The first-order valence-corrected chi connectivity index (χ1v) is 14.5. The number of para-hydroxylation sites is 4. The molecule has 3 heterocycles. The highest BCUT2D eigenvalue weighted by Gasteiger charge is 2.19. The molecule has 0 bridgehead atoms. The summed E-state index contributed by atoms with van der Waals surface area (Å²) < 4.78 is 7.08. The van der Waals surface area contributed by atoms with Crippen LogP contribution in [0.3, 0.4) is 0 Å². The molecule has 6 aromatic carbocycles. The maximum absolute atomic E-state index is 10.1. The van der Waals surface area contributed by atoms with Crippen molar-refractivity contribution >= 4 is 75.1 Å². The molecule has 3 aromatic heterocycles. The van der Waals surface area contributed by atoms with Gasteiger partial charge in [-0.3, -0.25) is 0 Å². The molecule has 4 heteroatoms. The summed E-state index contributed by atoms with van der Waals surface area (Å²) in [5, 5.41) is 17.4. The molecule has 0 aliphatic heterocycles. The zero-order valence-corrected chi connectivity index (χ0v) is 22.7. The molecule has 0 aliphatic rings. The van der Waals surface area contributed by atoms with Gasteiger partial charge < -0.3 is 9.13 Å². The zero-order valence-electron chi connectivity index (χ0n) is 21.9. The Hall–Kier alpha value is -5.37. The second kappa shape index (κ2) is 8.32. The number of nitrogens with zero attached hydrogens (tertiary/aromatic N) is 3. The molecule has 0 fully saturated rings. The largest absolute Gasteiger partial charge is 0.309 e. The topological polar surface area (TPSA) is 33.6 Å². The van der Waals surface area contributed by atoms with E-state index in [1.165, 1.54) is 47.4 Å². The molecular weight excluding hydrogens is 518 g/mol. The van der Waals surface area contributed by atoms with E-state index >= 15 is 0 Å². The lowest BCUT2D eigenvalue weighted by Crippen LogP contribution is -1.95. The number of benzene rings is 6. The lowest BCUT2D eigenvalue weighted by atomic mass is 10.1. The van der Waals surface area contributed by atoms with Gasteiger partial charge in [0.15, 0.2) is 0 Å². The number of hydrogen-bond donors (Lipinski definition) is 0. The number of fused-ring (bicyclic) bond motifs is 9. The fourth-order valence-corrected chi connectivity index (χ4v) is 7.77. The van der Waals surface area contributed by atoms with E-state index in [0.717, 1.165) is 27.8 Å². The Bertz CT molecular complexity index is 2450. The van der Waals surface area contributed by atoms with Crippen LogP contribution in [0.1, 0.15) is 5.56 Å². The van der Waals surface area contributed by atoms with Crippen molar-refractivity contribution in [3.63, 3.8) is 0 Å². The number of aromatic nitrogens is 2. The van der Waals surface area contributed by atoms with Crippen LogP contribution in [0, 0.1) is 11.3 Å². The van der Waals surface area contributed by atoms with Crippen LogP contribution in [0.2, 0.25) is 0 Å². The van der Waals surface area contributed by atoms with Crippen LogP contribution in [0.4, 0.5) is 0 Å². The first-order valence-electron chi connectivity index (χ1n) is 13.7. The van der Waals surface area contributed by atoms with Gasteiger partial charge >= 0.3 is 0 Å². The van der Waals surface area contributed by atoms with Crippen LogP contribution < -0.4 is 0 Å². The first-order chi connectivity index (χ1) is 20.3. The third-order valence-electron chi connectivity index (χ3n) is 8.32. The molecule has 0 saturated carbocycles. The molecule has 0 saturated heterocycles. The Morgan fingerprint density at radius 1 is 0.488 bits per heavy atom. The summed E-state index contributed by atoms with van der Waals surface area (Å²) >= 11 is 1.80. The summed E-state index contributed by atoms with van der Waals surface area (Å²) in [6.07, 6.45) is 0. The monoisotopic (exact) mass is 539 g/mol. The maximum atomic E-state index is 10.1. The van der Waals surface area contributed by atoms with Crippen molar-refractivity contribution in [2.45, 2.75) is 0 Å². The summed E-state index contributed by atoms with van der Waals surface area (Å²) in [6, 6.07) is 47.6. The van der Waals surface area contributed by atoms with Gasteiger partial charge in [-0.2, -0.15) is 5.26 Å². The maximum Gasteiger partial charge on any atom is 0.0992 e. The summed E-state index contributed by atoms with van der Waals surface area (Å²) in [5.41, 5.74) is 7.51. The third-order valence-corrected chi connectivity index (χ3v) is 9.53. The molecule has 0 atom stereocenters. The summed E-state index contributed by atoms with van der Waals surface area (Å²) in [4.78, 5) is 0. The molecule has 3 nitrogen and oxygen atoms in total. The van der Waals surface area contributed by atoms with Gasteiger partial charge in [0, 0.05) is 42.7 Å². The lowest BCUT2D eigenvalue weighted by Gasteiger charge is -2.10. The van der Waals surface area contributed by atoms with Gasteiger partial charge in [0.05, 0.1) is 44.1 Å². The molecule has 9 aromatic rings. The van der Waals surface area contributed by atoms with E-state index < -0.39 is 0 Å². The van der Waals surface area contributed by atoms with E-state index in [2.05, 4.69) is 137 Å². The third kappa shape index (κ3) is 3.07. The van der Waals surface area contributed by atoms with E-state index in [9.17, 15) is 5.26 Å². The second-order valence-corrected chi connectivity index (χ2v) is 11.6. The standard InChI is InChI=1S/C37H21N3S/c38-22-23-19-30-29-21-24(39-31-13-5-1-9-25(31)26-10-2-6-14-32(26)39)17-18-36(29)41-37(30)35(20-23)40-33-15-7-3-11-27(33)28-12-4-8-16-34(28)40/h1-21H. The van der Waals surface area contributed by atoms with Crippen LogP contribution in [0.25, 0.3) is 75.2 Å². The van der Waals surface area contributed by atoms with Crippen molar-refractivity contribution in [2.75, 3.05) is 0 Å². The van der Waals surface area contributed by atoms with Crippen molar-refractivity contribution in [3.05, 3.63) is 133 Å². The molecule has 0 spiro atoms. The smallest absolute Gasteiger partial charge is 0.0992 e. The Labute approximate surface area is 239 Å². The molecule has 9 rings (SSSR count). The van der Waals surface area contributed by atoms with Gasteiger partial charge in [0.2, 0.25) is 0 Å². The minimum absolute atomic E-state index is 0.663. The predicted molar refractivity (Wildman–Crippen MR) is 173 cm³/mol. The average molecular weight is 540 g/mol. The normalized spacial score (nSPS) is 11.9. The molecule has 0 aliphatic carbocycles. The predicted octanol–water partition coefficient (Wildman–Crippen LogP) is 10.1. The first kappa shape index (κ1) is 22.4. The summed E-state index contributed by atoms with van der Waals surface area (Å²) in [5.74, 6) is 0. The molecular formula is C37H21N3S. The van der Waals surface area contributed by atoms with E-state index in [4.69, 9.17) is 0 Å². The van der Waals surface area contributed by atoms with E-state index in [1.807, 2.05) is 6.07 Å². The minimum atomic E-state index is 0.663. The van der Waals surface area contributed by atoms with Gasteiger partial charge in [-0.05, 0) is 54.6 Å². The van der Waals surface area contributed by atoms with Crippen LogP contribution in [-0.2, 0) is 0 Å². The SMILES string of the molecule is N#Cc1cc(-n2c3ccccc3c3ccccc32)c2sc3ccc(-n4c5ccccc5c5ccccc54)cc3c2c1. The lowest BCUT2D eigenvalue weighted by molar-refractivity contribution is 1.19. The van der Waals surface area contributed by atoms with Gasteiger partial charge in [0.25, 0.3) is 0 Å². The van der Waals surface area contributed by atoms with Crippen molar-refractivity contribution in [3.8, 4) is 17.4 Å². The van der Waals surface area contributed by atoms with Crippen LogP contribution >= 0.6 is 11.3 Å². The fourth-order valence-electron chi connectivity index (χ4n) is 6.60. The molecule has 41 heavy (non-hydrogen) atoms. The van der Waals surface area contributed by atoms with Gasteiger partial charge in [0.1, 0.15) is 0 Å². The van der Waals surface area contributed by atoms with Gasteiger partial charge in [-0.15, -0.1) is 11.3 Å². The molecule has 190 valence electrons. The van der Waals surface area contributed by atoms with Crippen LogP contribution in [0.15, 0.2) is 127 Å². The summed E-state index contributed by atoms with van der Waals surface area (Å²) in [6.45, 7) is 0. The van der Waals surface area contributed by atoms with E-state index in [1.54, 1.807) is 11.3 Å². The molecule has 0 N–H and O–H groups in total. The van der Waals surface area contributed by atoms with Crippen molar-refractivity contribution in [1.29, 1.82) is 5.26 Å². The highest BCUT2D eigenvalue weighted by atomic mass is 32.1. The highest BCUT2D eigenvalue weighted by Crippen LogP contribution is 2.43. The molecule has 0 amide bonds. The van der Waals surface area contributed by atoms with Crippen molar-refractivity contribution in [2.24, 2.45) is 0 Å². The number of nitriles is 1. The Balaban J connectivity index is 1.38. The Morgan fingerprint density at radius 3 is 1.54 bits per heavy atom. The highest BCUT2D eigenvalue weighted by molar-refractivity contribution is 7.26. The van der Waals surface area contributed by atoms with Crippen LogP contribution in [-0.4, -0.2) is 9.13 Å².